The topological polar surface area (TPSA) is 59.8 Å². The molecule has 0 spiro atoms. The second-order valence-electron chi connectivity index (χ2n) is 7.02. The van der Waals surface area contributed by atoms with Crippen LogP contribution in [0.3, 0.4) is 0 Å². The van der Waals surface area contributed by atoms with Gasteiger partial charge in [-0.3, -0.25) is 4.79 Å². The molecule has 3 aromatic rings. The average Bonchev–Trinajstić information content (AvgIpc) is 3.14. The molecular formula is C22H25ClN4OS. The minimum atomic E-state index is -0.0431. The van der Waals surface area contributed by atoms with Gasteiger partial charge in [0.05, 0.1) is 5.75 Å². The van der Waals surface area contributed by atoms with E-state index in [1.54, 1.807) is 0 Å². The van der Waals surface area contributed by atoms with Gasteiger partial charge in [-0.1, -0.05) is 73.6 Å². The molecule has 2 aromatic carbocycles. The molecule has 0 radical (unpaired) electrons. The van der Waals surface area contributed by atoms with Gasteiger partial charge in [0, 0.05) is 23.7 Å². The van der Waals surface area contributed by atoms with Crippen molar-refractivity contribution in [3.8, 4) is 11.4 Å². The SMILES string of the molecule is CCn1c(SCC(=O)NCc2ccc(Cl)cc2)nnc1-c1ccc(C(C)C)cc1. The molecule has 152 valence electrons. The number of halogens is 1. The molecule has 0 saturated heterocycles. The van der Waals surface area contributed by atoms with Crippen molar-refractivity contribution in [2.24, 2.45) is 0 Å². The summed E-state index contributed by atoms with van der Waals surface area (Å²) >= 11 is 7.28. The van der Waals surface area contributed by atoms with Gasteiger partial charge in [0.1, 0.15) is 0 Å². The summed E-state index contributed by atoms with van der Waals surface area (Å²) in [4.78, 5) is 12.2. The summed E-state index contributed by atoms with van der Waals surface area (Å²) in [6.07, 6.45) is 0. The van der Waals surface area contributed by atoms with Crippen molar-refractivity contribution in [3.63, 3.8) is 0 Å². The second-order valence-corrected chi connectivity index (χ2v) is 8.40. The predicted molar refractivity (Wildman–Crippen MR) is 119 cm³/mol. The maximum atomic E-state index is 12.2. The summed E-state index contributed by atoms with van der Waals surface area (Å²) in [5.74, 6) is 1.56. The van der Waals surface area contributed by atoms with Crippen LogP contribution in [0.15, 0.2) is 53.7 Å². The van der Waals surface area contributed by atoms with E-state index in [1.165, 1.54) is 17.3 Å². The molecule has 0 saturated carbocycles. The number of thioether (sulfide) groups is 1. The normalized spacial score (nSPS) is 11.1. The van der Waals surface area contributed by atoms with E-state index in [9.17, 15) is 4.79 Å². The number of nitrogens with one attached hydrogen (secondary N) is 1. The van der Waals surface area contributed by atoms with Crippen molar-refractivity contribution in [1.82, 2.24) is 20.1 Å². The van der Waals surface area contributed by atoms with Gasteiger partial charge in [-0.05, 0) is 36.1 Å². The standard InChI is InChI=1S/C22H25ClN4OS/c1-4-27-21(18-9-7-17(8-10-18)15(2)3)25-26-22(27)29-14-20(28)24-13-16-5-11-19(23)12-6-16/h5-12,15H,4,13-14H2,1-3H3,(H,24,28). The van der Waals surface area contributed by atoms with Crippen LogP contribution in [0, 0.1) is 0 Å². The van der Waals surface area contributed by atoms with Gasteiger partial charge in [-0.25, -0.2) is 0 Å². The Morgan fingerprint density at radius 3 is 2.41 bits per heavy atom. The van der Waals surface area contributed by atoms with Gasteiger partial charge in [-0.2, -0.15) is 0 Å². The number of rotatable bonds is 8. The number of nitrogens with zero attached hydrogens (tertiary/aromatic N) is 3. The molecule has 0 atom stereocenters. The molecular weight excluding hydrogens is 404 g/mol. The number of amides is 1. The highest BCUT2D eigenvalue weighted by Crippen LogP contribution is 2.25. The summed E-state index contributed by atoms with van der Waals surface area (Å²) in [5, 5.41) is 13.0. The Labute approximate surface area is 180 Å². The molecule has 29 heavy (non-hydrogen) atoms. The Bertz CT molecular complexity index is 952. The van der Waals surface area contributed by atoms with Crippen molar-refractivity contribution >= 4 is 29.3 Å². The first kappa shape index (κ1) is 21.4. The minimum absolute atomic E-state index is 0.0431. The lowest BCUT2D eigenvalue weighted by molar-refractivity contribution is -0.118. The lowest BCUT2D eigenvalue weighted by Gasteiger charge is -2.09. The zero-order valence-corrected chi connectivity index (χ0v) is 18.4. The maximum absolute atomic E-state index is 12.2. The summed E-state index contributed by atoms with van der Waals surface area (Å²) in [6, 6.07) is 15.9. The van der Waals surface area contributed by atoms with Crippen LogP contribution < -0.4 is 5.32 Å². The lowest BCUT2D eigenvalue weighted by Crippen LogP contribution is -2.24. The van der Waals surface area contributed by atoms with Crippen molar-refractivity contribution in [1.29, 1.82) is 0 Å². The Kier molecular flexibility index (Phi) is 7.34. The van der Waals surface area contributed by atoms with Gasteiger partial charge in [0.15, 0.2) is 11.0 Å². The van der Waals surface area contributed by atoms with Crippen LogP contribution in [-0.2, 0) is 17.9 Å². The molecule has 1 N–H and O–H groups in total. The van der Waals surface area contributed by atoms with Crippen molar-refractivity contribution in [2.75, 3.05) is 5.75 Å². The Balaban J connectivity index is 1.61. The average molecular weight is 429 g/mol. The van der Waals surface area contributed by atoms with E-state index in [0.29, 0.717) is 17.5 Å². The lowest BCUT2D eigenvalue weighted by atomic mass is 10.0. The highest BCUT2D eigenvalue weighted by Gasteiger charge is 2.15. The van der Waals surface area contributed by atoms with Gasteiger partial charge in [0.25, 0.3) is 0 Å². The third-order valence-corrected chi connectivity index (χ3v) is 5.82. The first-order valence-electron chi connectivity index (χ1n) is 9.65. The molecule has 1 aromatic heterocycles. The fourth-order valence-electron chi connectivity index (χ4n) is 2.90. The van der Waals surface area contributed by atoms with E-state index < -0.39 is 0 Å². The molecule has 3 rings (SSSR count). The predicted octanol–water partition coefficient (Wildman–Crippen LogP) is 5.15. The van der Waals surface area contributed by atoms with Crippen LogP contribution in [0.25, 0.3) is 11.4 Å². The molecule has 0 fully saturated rings. The van der Waals surface area contributed by atoms with Gasteiger partial charge in [-0.15, -0.1) is 10.2 Å². The van der Waals surface area contributed by atoms with Gasteiger partial charge < -0.3 is 9.88 Å². The first-order chi connectivity index (χ1) is 14.0. The smallest absolute Gasteiger partial charge is 0.230 e. The summed E-state index contributed by atoms with van der Waals surface area (Å²) < 4.78 is 2.04. The van der Waals surface area contributed by atoms with Gasteiger partial charge >= 0.3 is 0 Å². The second kappa shape index (κ2) is 9.94. The third-order valence-electron chi connectivity index (χ3n) is 4.60. The highest BCUT2D eigenvalue weighted by atomic mass is 35.5. The molecule has 5 nitrogen and oxygen atoms in total. The molecule has 0 bridgehead atoms. The number of aromatic nitrogens is 3. The molecule has 0 aliphatic rings. The zero-order chi connectivity index (χ0) is 20.8. The van der Waals surface area contributed by atoms with Crippen molar-refractivity contribution < 1.29 is 4.79 Å². The summed E-state index contributed by atoms with van der Waals surface area (Å²) in [7, 11) is 0. The van der Waals surface area contributed by atoms with E-state index >= 15 is 0 Å². The number of carbonyl (C=O) groups excluding carboxylic acids is 1. The zero-order valence-electron chi connectivity index (χ0n) is 16.9. The van der Waals surface area contributed by atoms with Crippen molar-refractivity contribution in [2.45, 2.75) is 44.9 Å². The monoisotopic (exact) mass is 428 g/mol. The van der Waals surface area contributed by atoms with Crippen LogP contribution in [0.1, 0.15) is 37.8 Å². The maximum Gasteiger partial charge on any atom is 0.230 e. The minimum Gasteiger partial charge on any atom is -0.351 e. The van der Waals surface area contributed by atoms with E-state index in [1.807, 2.05) is 28.8 Å². The van der Waals surface area contributed by atoms with Crippen LogP contribution in [0.4, 0.5) is 0 Å². The molecule has 1 amide bonds. The van der Waals surface area contributed by atoms with Crippen LogP contribution in [-0.4, -0.2) is 26.4 Å². The Hall–Kier alpha value is -2.31. The summed E-state index contributed by atoms with van der Waals surface area (Å²) in [6.45, 7) is 7.63. The number of carbonyl (C=O) groups is 1. The quantitative estimate of drug-likeness (QED) is 0.504. The van der Waals surface area contributed by atoms with E-state index in [4.69, 9.17) is 11.6 Å². The third kappa shape index (κ3) is 5.61. The molecule has 0 aliphatic heterocycles. The highest BCUT2D eigenvalue weighted by molar-refractivity contribution is 7.99. The van der Waals surface area contributed by atoms with Crippen LogP contribution in [0.5, 0.6) is 0 Å². The first-order valence-corrected chi connectivity index (χ1v) is 11.0. The largest absolute Gasteiger partial charge is 0.351 e. The van der Waals surface area contributed by atoms with Crippen LogP contribution >= 0.6 is 23.4 Å². The number of hydrogen-bond acceptors (Lipinski definition) is 4. The Morgan fingerprint density at radius 1 is 1.10 bits per heavy atom. The number of benzene rings is 2. The molecule has 0 aliphatic carbocycles. The Morgan fingerprint density at radius 2 is 1.79 bits per heavy atom. The van der Waals surface area contributed by atoms with Gasteiger partial charge in [0.2, 0.25) is 5.91 Å². The van der Waals surface area contributed by atoms with E-state index in [0.717, 1.165) is 28.7 Å². The number of hydrogen-bond donors (Lipinski definition) is 1. The van der Waals surface area contributed by atoms with Crippen LogP contribution in [0.2, 0.25) is 5.02 Å². The van der Waals surface area contributed by atoms with E-state index in [2.05, 4.69) is 60.6 Å². The van der Waals surface area contributed by atoms with Crippen molar-refractivity contribution in [3.05, 3.63) is 64.7 Å². The summed E-state index contributed by atoms with van der Waals surface area (Å²) in [5.41, 5.74) is 3.34. The molecule has 1 heterocycles. The molecule has 7 heteroatoms. The van der Waals surface area contributed by atoms with E-state index in [-0.39, 0.29) is 11.7 Å². The fourth-order valence-corrected chi connectivity index (χ4v) is 3.85. The fraction of sp³-hybridized carbons (Fsp3) is 0.318. The molecule has 0 unspecified atom stereocenters.